The minimum atomic E-state index is -3.89. The first-order valence-electron chi connectivity index (χ1n) is 9.34. The van der Waals surface area contributed by atoms with Gasteiger partial charge < -0.3 is 4.90 Å². The number of carbonyl (C=O) groups excluding carboxylic acids is 3. The first-order valence-corrected chi connectivity index (χ1v) is 11.8. The van der Waals surface area contributed by atoms with Crippen molar-refractivity contribution in [3.05, 3.63) is 46.7 Å². The van der Waals surface area contributed by atoms with Crippen molar-refractivity contribution < 1.29 is 22.8 Å². The molecule has 0 spiro atoms. The molecular formula is C20H23N3O5S2. The van der Waals surface area contributed by atoms with Crippen molar-refractivity contribution in [2.45, 2.75) is 50.1 Å². The molecule has 0 aliphatic carbocycles. The topological polar surface area (TPSA) is 118 Å². The highest BCUT2D eigenvalue weighted by molar-refractivity contribution is 7.89. The minimum absolute atomic E-state index is 0.122. The number of anilines is 1. The molecule has 0 radical (unpaired) electrons. The molecule has 1 aliphatic rings. The molecule has 1 aliphatic heterocycles. The Kier molecular flexibility index (Phi) is 5.85. The minimum Gasteiger partial charge on any atom is -0.320 e. The molecule has 1 unspecified atom stereocenters. The number of benzene rings is 1. The maximum Gasteiger partial charge on any atom is 0.265 e. The molecule has 1 aromatic carbocycles. The Morgan fingerprint density at radius 2 is 1.87 bits per heavy atom. The highest BCUT2D eigenvalue weighted by Gasteiger charge is 2.48. The Morgan fingerprint density at radius 3 is 2.37 bits per heavy atom. The van der Waals surface area contributed by atoms with Crippen molar-refractivity contribution in [3.8, 4) is 0 Å². The number of hydrogen-bond donors (Lipinski definition) is 1. The maximum atomic E-state index is 13.2. The van der Waals surface area contributed by atoms with E-state index in [1.807, 2.05) is 20.8 Å². The summed E-state index contributed by atoms with van der Waals surface area (Å²) in [5, 5.41) is 6.88. The zero-order chi connectivity index (χ0) is 22.3. The molecule has 1 atom stereocenters. The zero-order valence-electron chi connectivity index (χ0n) is 16.9. The molecule has 160 valence electrons. The summed E-state index contributed by atoms with van der Waals surface area (Å²) in [6, 6.07) is 7.70. The number of nitrogens with two attached hydrogens (primary N) is 1. The summed E-state index contributed by atoms with van der Waals surface area (Å²) in [7, 11) is -3.89. The first kappa shape index (κ1) is 22.1. The van der Waals surface area contributed by atoms with E-state index < -0.39 is 33.4 Å². The lowest BCUT2D eigenvalue weighted by Crippen LogP contribution is -2.55. The van der Waals surface area contributed by atoms with Crippen LogP contribution in [0.1, 0.15) is 43.3 Å². The number of hydrogen-bond acceptors (Lipinski definition) is 6. The first-order chi connectivity index (χ1) is 14.0. The van der Waals surface area contributed by atoms with Gasteiger partial charge in [-0.25, -0.2) is 18.5 Å². The van der Waals surface area contributed by atoms with Crippen LogP contribution in [0.15, 0.2) is 46.7 Å². The van der Waals surface area contributed by atoms with Crippen LogP contribution in [0.2, 0.25) is 0 Å². The Balaban J connectivity index is 1.97. The number of nitrogens with zero attached hydrogens (tertiary/aromatic N) is 2. The fourth-order valence-electron chi connectivity index (χ4n) is 3.40. The number of primary sulfonamides is 1. The second kappa shape index (κ2) is 7.93. The van der Waals surface area contributed by atoms with Crippen molar-refractivity contribution in [1.82, 2.24) is 4.90 Å². The van der Waals surface area contributed by atoms with Crippen LogP contribution in [-0.2, 0) is 19.6 Å². The smallest absolute Gasteiger partial charge is 0.265 e. The Bertz CT molecular complexity index is 1080. The lowest BCUT2D eigenvalue weighted by atomic mass is 9.95. The van der Waals surface area contributed by atoms with Crippen molar-refractivity contribution in [3.63, 3.8) is 0 Å². The van der Waals surface area contributed by atoms with Crippen molar-refractivity contribution in [2.75, 3.05) is 4.90 Å². The number of imide groups is 1. The average Bonchev–Trinajstić information content (AvgIpc) is 3.30. The van der Waals surface area contributed by atoms with Gasteiger partial charge in [0, 0.05) is 5.54 Å². The number of amides is 3. The van der Waals surface area contributed by atoms with Gasteiger partial charge in [0.1, 0.15) is 6.04 Å². The molecule has 1 fully saturated rings. The standard InChI is InChI=1S/C20H23N3O5S2/c1-4-20(2,3)23(19(26)16-6-5-11-29-16)15-12-17(24)22(18(15)25)13-7-9-14(10-8-13)30(21,27)28/h5-11,15H,4,12H2,1-3H3,(H2,21,27,28). The Morgan fingerprint density at radius 1 is 1.23 bits per heavy atom. The van der Waals surface area contributed by atoms with E-state index in [-0.39, 0.29) is 22.9 Å². The third-order valence-corrected chi connectivity index (χ3v) is 7.11. The molecular weight excluding hydrogens is 426 g/mol. The average molecular weight is 450 g/mol. The lowest BCUT2D eigenvalue weighted by Gasteiger charge is -2.41. The van der Waals surface area contributed by atoms with Gasteiger partial charge in [-0.1, -0.05) is 13.0 Å². The SMILES string of the molecule is CCC(C)(C)N(C(=O)c1cccs1)C1CC(=O)N(c2ccc(S(N)(=O)=O)cc2)C1=O. The van der Waals surface area contributed by atoms with E-state index in [9.17, 15) is 22.8 Å². The third-order valence-electron chi connectivity index (χ3n) is 5.33. The van der Waals surface area contributed by atoms with Crippen LogP contribution < -0.4 is 10.0 Å². The number of carbonyl (C=O) groups is 3. The van der Waals surface area contributed by atoms with Crippen LogP contribution in [0.25, 0.3) is 0 Å². The van der Waals surface area contributed by atoms with E-state index in [2.05, 4.69) is 0 Å². The number of rotatable bonds is 6. The Hall–Kier alpha value is -2.56. The zero-order valence-corrected chi connectivity index (χ0v) is 18.5. The summed E-state index contributed by atoms with van der Waals surface area (Å²) in [5.41, 5.74) is -0.424. The van der Waals surface area contributed by atoms with Crippen molar-refractivity contribution in [1.29, 1.82) is 0 Å². The van der Waals surface area contributed by atoms with Gasteiger partial charge in [-0.05, 0) is 56.0 Å². The molecule has 0 bridgehead atoms. The molecule has 1 aromatic heterocycles. The molecule has 30 heavy (non-hydrogen) atoms. The fraction of sp³-hybridized carbons (Fsp3) is 0.350. The van der Waals surface area contributed by atoms with E-state index in [0.717, 1.165) is 4.90 Å². The summed E-state index contributed by atoms with van der Waals surface area (Å²) >= 11 is 1.28. The monoisotopic (exact) mass is 449 g/mol. The molecule has 3 rings (SSSR count). The highest BCUT2D eigenvalue weighted by atomic mass is 32.2. The maximum absolute atomic E-state index is 13.2. The molecule has 2 heterocycles. The van der Waals surface area contributed by atoms with E-state index in [0.29, 0.717) is 11.3 Å². The van der Waals surface area contributed by atoms with Crippen LogP contribution in [-0.4, -0.2) is 42.6 Å². The number of thiophene rings is 1. The fourth-order valence-corrected chi connectivity index (χ4v) is 4.58. The molecule has 3 amide bonds. The molecule has 8 nitrogen and oxygen atoms in total. The van der Waals surface area contributed by atoms with Crippen LogP contribution in [0, 0.1) is 0 Å². The lowest BCUT2D eigenvalue weighted by molar-refractivity contribution is -0.123. The predicted octanol–water partition coefficient (Wildman–Crippen LogP) is 2.36. The van der Waals surface area contributed by atoms with Crippen molar-refractivity contribution in [2.24, 2.45) is 5.14 Å². The molecule has 2 N–H and O–H groups in total. The Labute approximate surface area is 179 Å². The third kappa shape index (κ3) is 4.03. The number of sulfonamides is 1. The van der Waals surface area contributed by atoms with Gasteiger partial charge >= 0.3 is 0 Å². The molecule has 2 aromatic rings. The molecule has 0 saturated carbocycles. The molecule has 10 heteroatoms. The van der Waals surface area contributed by atoms with Crippen LogP contribution in [0.4, 0.5) is 5.69 Å². The quantitative estimate of drug-likeness (QED) is 0.679. The summed E-state index contributed by atoms with van der Waals surface area (Å²) in [5.74, 6) is -1.27. The molecule has 1 saturated heterocycles. The summed E-state index contributed by atoms with van der Waals surface area (Å²) in [6.07, 6.45) is 0.446. The van der Waals surface area contributed by atoms with E-state index in [4.69, 9.17) is 5.14 Å². The van der Waals surface area contributed by atoms with E-state index >= 15 is 0 Å². The van der Waals surface area contributed by atoms with Gasteiger partial charge in [0.05, 0.1) is 21.9 Å². The normalized spacial score (nSPS) is 17.5. The van der Waals surface area contributed by atoms with Gasteiger partial charge in [0.15, 0.2) is 0 Å². The predicted molar refractivity (Wildman–Crippen MR) is 114 cm³/mol. The van der Waals surface area contributed by atoms with Gasteiger partial charge in [0.25, 0.3) is 11.8 Å². The van der Waals surface area contributed by atoms with Crippen molar-refractivity contribution >= 4 is 44.8 Å². The second-order valence-corrected chi connectivity index (χ2v) is 10.2. The summed E-state index contributed by atoms with van der Waals surface area (Å²) in [4.78, 5) is 42.1. The van der Waals surface area contributed by atoms with Crippen LogP contribution in [0.5, 0.6) is 0 Å². The van der Waals surface area contributed by atoms with Crippen LogP contribution >= 0.6 is 11.3 Å². The highest BCUT2D eigenvalue weighted by Crippen LogP contribution is 2.33. The summed E-state index contributed by atoms with van der Waals surface area (Å²) in [6.45, 7) is 5.64. The van der Waals surface area contributed by atoms with Crippen LogP contribution in [0.3, 0.4) is 0 Å². The van der Waals surface area contributed by atoms with E-state index in [1.165, 1.54) is 40.5 Å². The largest absolute Gasteiger partial charge is 0.320 e. The van der Waals surface area contributed by atoms with E-state index in [1.54, 1.807) is 17.5 Å². The van der Waals surface area contributed by atoms with Gasteiger partial charge in [-0.3, -0.25) is 14.4 Å². The summed E-state index contributed by atoms with van der Waals surface area (Å²) < 4.78 is 22.9. The second-order valence-electron chi connectivity index (χ2n) is 7.64. The van der Waals surface area contributed by atoms with Gasteiger partial charge in [-0.15, -0.1) is 11.3 Å². The van der Waals surface area contributed by atoms with Gasteiger partial charge in [0.2, 0.25) is 15.9 Å². The van der Waals surface area contributed by atoms with Gasteiger partial charge in [-0.2, -0.15) is 0 Å².